The zero-order valence-electron chi connectivity index (χ0n) is 11.7. The van der Waals surface area contributed by atoms with Crippen molar-refractivity contribution in [2.45, 2.75) is 53.1 Å². The van der Waals surface area contributed by atoms with Gasteiger partial charge in [0.25, 0.3) is 0 Å². The number of likely N-dealkylation sites (N-methyl/N-ethyl adjacent to an activating group) is 1. The van der Waals surface area contributed by atoms with Gasteiger partial charge in [-0.2, -0.15) is 0 Å². The molecule has 1 N–H and O–H groups in total. The molecule has 0 saturated carbocycles. The highest BCUT2D eigenvalue weighted by Gasteiger charge is 2.20. The SMILES string of the molecule is CCN(CCC(NC)C(=O)C(C)C)C(C)C. The summed E-state index contributed by atoms with van der Waals surface area (Å²) >= 11 is 0. The summed E-state index contributed by atoms with van der Waals surface area (Å²) in [6, 6.07) is 0.560. The molecule has 0 fully saturated rings. The number of Topliss-reactive ketones (excluding diaryl/α,β-unsaturated/α-hetero) is 1. The Morgan fingerprint density at radius 2 is 1.81 bits per heavy atom. The van der Waals surface area contributed by atoms with Crippen molar-refractivity contribution in [3.8, 4) is 0 Å². The van der Waals surface area contributed by atoms with E-state index in [-0.39, 0.29) is 12.0 Å². The second kappa shape index (κ2) is 7.80. The summed E-state index contributed by atoms with van der Waals surface area (Å²) in [5.74, 6) is 0.439. The fourth-order valence-corrected chi connectivity index (χ4v) is 1.91. The lowest BCUT2D eigenvalue weighted by Gasteiger charge is -2.27. The molecule has 0 saturated heterocycles. The van der Waals surface area contributed by atoms with Crippen LogP contribution in [0.25, 0.3) is 0 Å². The van der Waals surface area contributed by atoms with E-state index >= 15 is 0 Å². The number of nitrogens with one attached hydrogen (secondary N) is 1. The van der Waals surface area contributed by atoms with Gasteiger partial charge >= 0.3 is 0 Å². The zero-order chi connectivity index (χ0) is 12.7. The number of ketones is 1. The Balaban J connectivity index is 4.18. The first kappa shape index (κ1) is 15.6. The van der Waals surface area contributed by atoms with Crippen LogP contribution in [0.1, 0.15) is 41.0 Å². The fourth-order valence-electron chi connectivity index (χ4n) is 1.91. The maximum absolute atomic E-state index is 11.9. The van der Waals surface area contributed by atoms with Crippen LogP contribution in [-0.2, 0) is 4.79 Å². The van der Waals surface area contributed by atoms with Crippen molar-refractivity contribution in [2.24, 2.45) is 5.92 Å². The van der Waals surface area contributed by atoms with Crippen LogP contribution in [-0.4, -0.2) is 42.9 Å². The molecule has 0 aromatic rings. The predicted molar refractivity (Wildman–Crippen MR) is 69.7 cm³/mol. The number of carbonyl (C=O) groups excluding carboxylic acids is 1. The molecule has 0 heterocycles. The van der Waals surface area contributed by atoms with Crippen LogP contribution in [0.2, 0.25) is 0 Å². The van der Waals surface area contributed by atoms with Gasteiger partial charge in [-0.15, -0.1) is 0 Å². The van der Waals surface area contributed by atoms with E-state index in [1.807, 2.05) is 20.9 Å². The molecule has 0 aromatic carbocycles. The highest BCUT2D eigenvalue weighted by atomic mass is 16.1. The molecule has 0 amide bonds. The molecule has 0 radical (unpaired) electrons. The lowest BCUT2D eigenvalue weighted by molar-refractivity contribution is -0.124. The van der Waals surface area contributed by atoms with E-state index in [1.165, 1.54) is 0 Å². The minimum atomic E-state index is 0.00722. The average molecular weight is 228 g/mol. The number of carbonyl (C=O) groups is 1. The first-order valence-electron chi connectivity index (χ1n) is 6.39. The van der Waals surface area contributed by atoms with Gasteiger partial charge in [-0.25, -0.2) is 0 Å². The average Bonchev–Trinajstić information content (AvgIpc) is 2.23. The molecule has 0 bridgehead atoms. The zero-order valence-corrected chi connectivity index (χ0v) is 11.7. The summed E-state index contributed by atoms with van der Waals surface area (Å²) in [5, 5.41) is 3.13. The van der Waals surface area contributed by atoms with Gasteiger partial charge in [0.1, 0.15) is 0 Å². The number of hydrogen-bond acceptors (Lipinski definition) is 3. The third kappa shape index (κ3) is 5.08. The molecule has 0 rings (SSSR count). The standard InChI is InChI=1S/C13H28N2O/c1-7-15(11(4)5)9-8-12(14-6)13(16)10(2)3/h10-12,14H,7-9H2,1-6H3. The quantitative estimate of drug-likeness (QED) is 0.689. The molecular formula is C13H28N2O. The van der Waals surface area contributed by atoms with Crippen LogP contribution < -0.4 is 5.32 Å². The predicted octanol–water partition coefficient (Wildman–Crippen LogP) is 1.92. The van der Waals surface area contributed by atoms with Crippen LogP contribution in [0.3, 0.4) is 0 Å². The highest BCUT2D eigenvalue weighted by Crippen LogP contribution is 2.06. The smallest absolute Gasteiger partial charge is 0.152 e. The maximum Gasteiger partial charge on any atom is 0.152 e. The molecule has 16 heavy (non-hydrogen) atoms. The lowest BCUT2D eigenvalue weighted by atomic mass is 9.99. The molecule has 1 unspecified atom stereocenters. The Kier molecular flexibility index (Phi) is 7.60. The molecule has 3 heteroatoms. The fraction of sp³-hybridized carbons (Fsp3) is 0.923. The summed E-state index contributed by atoms with van der Waals surface area (Å²) in [7, 11) is 1.87. The minimum absolute atomic E-state index is 0.00722. The summed E-state index contributed by atoms with van der Waals surface area (Å²) in [6.07, 6.45) is 0.902. The van der Waals surface area contributed by atoms with Crippen molar-refractivity contribution in [1.29, 1.82) is 0 Å². The monoisotopic (exact) mass is 228 g/mol. The van der Waals surface area contributed by atoms with Crippen molar-refractivity contribution in [1.82, 2.24) is 10.2 Å². The van der Waals surface area contributed by atoms with Gasteiger partial charge in [0.05, 0.1) is 6.04 Å². The molecule has 1 atom stereocenters. The third-order valence-corrected chi connectivity index (χ3v) is 3.10. The molecule has 0 aliphatic rings. The number of nitrogens with zero attached hydrogens (tertiary/aromatic N) is 1. The van der Waals surface area contributed by atoms with Crippen LogP contribution in [0.5, 0.6) is 0 Å². The molecule has 0 spiro atoms. The second-order valence-corrected chi connectivity index (χ2v) is 4.91. The van der Waals surface area contributed by atoms with Crippen LogP contribution in [0.15, 0.2) is 0 Å². The van der Waals surface area contributed by atoms with Gasteiger partial charge in [0.15, 0.2) is 5.78 Å². The highest BCUT2D eigenvalue weighted by molar-refractivity contribution is 5.85. The molecule has 3 nitrogen and oxygen atoms in total. The van der Waals surface area contributed by atoms with Crippen molar-refractivity contribution < 1.29 is 4.79 Å². The van der Waals surface area contributed by atoms with E-state index in [0.717, 1.165) is 19.5 Å². The molecule has 96 valence electrons. The largest absolute Gasteiger partial charge is 0.311 e. The van der Waals surface area contributed by atoms with Gasteiger partial charge in [-0.3, -0.25) is 4.79 Å². The van der Waals surface area contributed by atoms with Crippen LogP contribution in [0, 0.1) is 5.92 Å². The number of hydrogen-bond donors (Lipinski definition) is 1. The molecule has 0 aliphatic carbocycles. The molecule has 0 aromatic heterocycles. The Morgan fingerprint density at radius 1 is 1.25 bits per heavy atom. The summed E-state index contributed by atoms with van der Waals surface area (Å²) < 4.78 is 0. The lowest BCUT2D eigenvalue weighted by Crippen LogP contribution is -2.41. The Morgan fingerprint density at radius 3 is 2.12 bits per heavy atom. The van der Waals surface area contributed by atoms with E-state index in [9.17, 15) is 4.79 Å². The Hall–Kier alpha value is -0.410. The van der Waals surface area contributed by atoms with Crippen LogP contribution >= 0.6 is 0 Å². The first-order valence-corrected chi connectivity index (χ1v) is 6.39. The normalized spacial score (nSPS) is 13.8. The van der Waals surface area contributed by atoms with Gasteiger partial charge in [0, 0.05) is 18.5 Å². The molecule has 0 aliphatic heterocycles. The van der Waals surface area contributed by atoms with Crippen molar-refractivity contribution in [3.05, 3.63) is 0 Å². The van der Waals surface area contributed by atoms with Gasteiger partial charge in [0.2, 0.25) is 0 Å². The second-order valence-electron chi connectivity index (χ2n) is 4.91. The van der Waals surface area contributed by atoms with Crippen LogP contribution in [0.4, 0.5) is 0 Å². The number of rotatable bonds is 8. The van der Waals surface area contributed by atoms with E-state index in [1.54, 1.807) is 0 Å². The Labute approximate surface area is 101 Å². The Bertz CT molecular complexity index is 202. The summed E-state index contributed by atoms with van der Waals surface area (Å²) in [4.78, 5) is 14.3. The summed E-state index contributed by atoms with van der Waals surface area (Å²) in [5.41, 5.74) is 0. The first-order chi connectivity index (χ1) is 7.43. The van der Waals surface area contributed by atoms with Gasteiger partial charge in [-0.05, 0) is 33.9 Å². The minimum Gasteiger partial charge on any atom is -0.311 e. The van der Waals surface area contributed by atoms with Gasteiger partial charge in [-0.1, -0.05) is 20.8 Å². The van der Waals surface area contributed by atoms with Crippen molar-refractivity contribution >= 4 is 5.78 Å². The topological polar surface area (TPSA) is 32.3 Å². The summed E-state index contributed by atoms with van der Waals surface area (Å²) in [6.45, 7) is 12.5. The van der Waals surface area contributed by atoms with E-state index < -0.39 is 0 Å². The van der Waals surface area contributed by atoms with Crippen molar-refractivity contribution in [2.75, 3.05) is 20.1 Å². The van der Waals surface area contributed by atoms with E-state index in [2.05, 4.69) is 31.0 Å². The molecular weight excluding hydrogens is 200 g/mol. The van der Waals surface area contributed by atoms with E-state index in [4.69, 9.17) is 0 Å². The third-order valence-electron chi connectivity index (χ3n) is 3.10. The van der Waals surface area contributed by atoms with E-state index in [0.29, 0.717) is 11.8 Å². The van der Waals surface area contributed by atoms with Crippen molar-refractivity contribution in [3.63, 3.8) is 0 Å². The van der Waals surface area contributed by atoms with Gasteiger partial charge < -0.3 is 10.2 Å². The maximum atomic E-state index is 11.9.